The van der Waals surface area contributed by atoms with Crippen LogP contribution in [0.1, 0.15) is 26.2 Å². The van der Waals surface area contributed by atoms with Gasteiger partial charge in [-0.25, -0.2) is 0 Å². The molecule has 1 aliphatic carbocycles. The molecule has 0 aromatic heterocycles. The maximum Gasteiger partial charge on any atom is 0.250 e. The second kappa shape index (κ2) is 3.90. The van der Waals surface area contributed by atoms with Gasteiger partial charge < -0.3 is 15.0 Å². The summed E-state index contributed by atoms with van der Waals surface area (Å²) in [6.07, 6.45) is 3.02. The number of ether oxygens (including phenoxy) is 1. The van der Waals surface area contributed by atoms with Gasteiger partial charge in [0.15, 0.2) is 0 Å². The van der Waals surface area contributed by atoms with E-state index in [1.54, 1.807) is 7.11 Å². The molecule has 0 radical (unpaired) electrons. The van der Waals surface area contributed by atoms with Crippen molar-refractivity contribution in [2.45, 2.75) is 31.7 Å². The number of rotatable bonds is 2. The van der Waals surface area contributed by atoms with Gasteiger partial charge >= 0.3 is 0 Å². The normalized spacial score (nSPS) is 20.1. The van der Waals surface area contributed by atoms with Gasteiger partial charge in [0.05, 0.1) is 18.5 Å². The Kier molecular flexibility index (Phi) is 2.47. The highest BCUT2D eigenvalue weighted by Crippen LogP contribution is 2.47. The molecule has 1 aromatic carbocycles. The number of carbonyl (C=O) groups excluding carboxylic acids is 1. The lowest BCUT2D eigenvalue weighted by atomic mass is 9.73. The molecule has 18 heavy (non-hydrogen) atoms. The van der Waals surface area contributed by atoms with Crippen molar-refractivity contribution in [1.29, 1.82) is 0 Å². The van der Waals surface area contributed by atoms with Gasteiger partial charge in [-0.3, -0.25) is 4.79 Å². The number of likely N-dealkylation sites (N-methyl/N-ethyl adjacent to an activating group) is 1. The predicted molar refractivity (Wildman–Crippen MR) is 71.2 cm³/mol. The minimum atomic E-state index is -0.311. The van der Waals surface area contributed by atoms with Crippen LogP contribution in [0.3, 0.4) is 0 Å². The molecule has 1 amide bonds. The Hall–Kier alpha value is -1.71. The Balaban J connectivity index is 2.10. The monoisotopic (exact) mass is 246 g/mol. The molecular weight excluding hydrogens is 228 g/mol. The molecule has 0 atom stereocenters. The molecule has 1 saturated carbocycles. The van der Waals surface area contributed by atoms with Crippen molar-refractivity contribution in [2.75, 3.05) is 23.9 Å². The second-order valence-corrected chi connectivity index (χ2v) is 4.97. The molecule has 1 fully saturated rings. The number of fused-ring (bicyclic) bond motifs is 1. The summed E-state index contributed by atoms with van der Waals surface area (Å²) in [4.78, 5) is 14.5. The van der Waals surface area contributed by atoms with Crippen molar-refractivity contribution in [3.05, 3.63) is 18.2 Å². The molecule has 1 heterocycles. The van der Waals surface area contributed by atoms with E-state index in [0.717, 1.165) is 42.9 Å². The van der Waals surface area contributed by atoms with Gasteiger partial charge in [0.2, 0.25) is 5.91 Å². The third-order valence-electron chi connectivity index (χ3n) is 4.18. The first-order valence-corrected chi connectivity index (χ1v) is 6.48. The maximum atomic E-state index is 12.3. The summed E-state index contributed by atoms with van der Waals surface area (Å²) >= 11 is 0. The van der Waals surface area contributed by atoms with Crippen molar-refractivity contribution in [3.8, 4) is 5.75 Å². The number of hydrogen-bond donors (Lipinski definition) is 1. The lowest BCUT2D eigenvalue weighted by Gasteiger charge is -2.52. The van der Waals surface area contributed by atoms with Crippen LogP contribution < -0.4 is 15.0 Å². The Morgan fingerprint density at radius 2 is 2.22 bits per heavy atom. The summed E-state index contributed by atoms with van der Waals surface area (Å²) in [6.45, 7) is 2.94. The summed E-state index contributed by atoms with van der Waals surface area (Å²) < 4.78 is 5.28. The molecule has 96 valence electrons. The van der Waals surface area contributed by atoms with E-state index in [0.29, 0.717) is 0 Å². The fourth-order valence-corrected chi connectivity index (χ4v) is 3.04. The van der Waals surface area contributed by atoms with Crippen molar-refractivity contribution in [2.24, 2.45) is 0 Å². The summed E-state index contributed by atoms with van der Waals surface area (Å²) in [7, 11) is 1.67. The zero-order valence-electron chi connectivity index (χ0n) is 10.8. The second-order valence-electron chi connectivity index (χ2n) is 4.97. The average Bonchev–Trinajstić information content (AvgIpc) is 2.34. The smallest absolute Gasteiger partial charge is 0.250 e. The SMILES string of the molecule is CCN1c2cc(OC)ccc2NC(=O)C12CCC2. The molecule has 1 N–H and O–H groups in total. The van der Waals surface area contributed by atoms with Crippen molar-refractivity contribution in [1.82, 2.24) is 0 Å². The van der Waals surface area contributed by atoms with Gasteiger partial charge in [0.1, 0.15) is 11.3 Å². The van der Waals surface area contributed by atoms with Gasteiger partial charge in [-0.1, -0.05) is 0 Å². The molecule has 3 rings (SSSR count). The molecule has 1 aliphatic heterocycles. The zero-order valence-corrected chi connectivity index (χ0v) is 10.8. The van der Waals surface area contributed by atoms with Crippen molar-refractivity contribution in [3.63, 3.8) is 0 Å². The van der Waals surface area contributed by atoms with Crippen LogP contribution in [0.4, 0.5) is 11.4 Å². The van der Waals surface area contributed by atoms with Crippen LogP contribution in [0, 0.1) is 0 Å². The topological polar surface area (TPSA) is 41.6 Å². The maximum absolute atomic E-state index is 12.3. The molecule has 0 saturated heterocycles. The van der Waals surface area contributed by atoms with E-state index >= 15 is 0 Å². The molecule has 0 unspecified atom stereocenters. The summed E-state index contributed by atoms with van der Waals surface area (Å²) in [6, 6.07) is 5.81. The first-order valence-electron chi connectivity index (χ1n) is 6.48. The summed E-state index contributed by atoms with van der Waals surface area (Å²) in [5.74, 6) is 0.978. The van der Waals surface area contributed by atoms with Crippen LogP contribution in [0.25, 0.3) is 0 Å². The van der Waals surface area contributed by atoms with Crippen LogP contribution in [0.15, 0.2) is 18.2 Å². The fraction of sp³-hybridized carbons (Fsp3) is 0.500. The molecule has 4 heteroatoms. The van der Waals surface area contributed by atoms with E-state index in [2.05, 4.69) is 17.1 Å². The molecule has 1 aromatic rings. The lowest BCUT2D eigenvalue weighted by Crippen LogP contribution is -2.63. The Labute approximate surface area is 107 Å². The number of carbonyl (C=O) groups is 1. The number of nitrogens with zero attached hydrogens (tertiary/aromatic N) is 1. The highest BCUT2D eigenvalue weighted by Gasteiger charge is 2.51. The molecule has 1 spiro atoms. The lowest BCUT2D eigenvalue weighted by molar-refractivity contribution is -0.124. The molecule has 4 nitrogen and oxygen atoms in total. The van der Waals surface area contributed by atoms with E-state index in [4.69, 9.17) is 4.74 Å². The number of nitrogens with one attached hydrogen (secondary N) is 1. The van der Waals surface area contributed by atoms with Gasteiger partial charge in [0, 0.05) is 12.6 Å². The van der Waals surface area contributed by atoms with Crippen molar-refractivity contribution >= 4 is 17.3 Å². The third kappa shape index (κ3) is 1.35. The Morgan fingerprint density at radius 3 is 2.78 bits per heavy atom. The minimum Gasteiger partial charge on any atom is -0.497 e. The summed E-state index contributed by atoms with van der Waals surface area (Å²) in [5.41, 5.74) is 1.66. The van der Waals surface area contributed by atoms with Crippen LogP contribution in [0.5, 0.6) is 5.75 Å². The van der Waals surface area contributed by atoms with E-state index in [1.165, 1.54) is 0 Å². The highest BCUT2D eigenvalue weighted by atomic mass is 16.5. The first-order chi connectivity index (χ1) is 8.71. The van der Waals surface area contributed by atoms with E-state index in [1.807, 2.05) is 18.2 Å². The van der Waals surface area contributed by atoms with E-state index in [-0.39, 0.29) is 11.4 Å². The first kappa shape index (κ1) is 11.4. The van der Waals surface area contributed by atoms with Crippen LogP contribution in [-0.4, -0.2) is 25.1 Å². The Bertz CT molecular complexity index is 495. The molecule has 2 aliphatic rings. The predicted octanol–water partition coefficient (Wildman–Crippen LogP) is 2.40. The summed E-state index contributed by atoms with van der Waals surface area (Å²) in [5, 5.41) is 3.03. The van der Waals surface area contributed by atoms with Crippen LogP contribution in [-0.2, 0) is 4.79 Å². The van der Waals surface area contributed by atoms with Gasteiger partial charge in [-0.2, -0.15) is 0 Å². The van der Waals surface area contributed by atoms with Gasteiger partial charge in [0.25, 0.3) is 0 Å². The molecular formula is C14H18N2O2. The van der Waals surface area contributed by atoms with Gasteiger partial charge in [-0.05, 0) is 38.3 Å². The quantitative estimate of drug-likeness (QED) is 0.871. The van der Waals surface area contributed by atoms with Crippen LogP contribution in [0.2, 0.25) is 0 Å². The average molecular weight is 246 g/mol. The standard InChI is InChI=1S/C14H18N2O2/c1-3-16-12-9-10(18-2)5-6-11(12)15-13(17)14(16)7-4-8-14/h5-6,9H,3-4,7-8H2,1-2H3,(H,15,17). The van der Waals surface area contributed by atoms with Gasteiger partial charge in [-0.15, -0.1) is 0 Å². The fourth-order valence-electron chi connectivity index (χ4n) is 3.04. The number of anilines is 2. The highest BCUT2D eigenvalue weighted by molar-refractivity contribution is 6.07. The van der Waals surface area contributed by atoms with E-state index < -0.39 is 0 Å². The third-order valence-corrected chi connectivity index (χ3v) is 4.18. The Morgan fingerprint density at radius 1 is 1.44 bits per heavy atom. The number of methoxy groups -OCH3 is 1. The van der Waals surface area contributed by atoms with E-state index in [9.17, 15) is 4.79 Å². The number of amides is 1. The van der Waals surface area contributed by atoms with Crippen LogP contribution >= 0.6 is 0 Å². The number of benzene rings is 1. The largest absolute Gasteiger partial charge is 0.497 e. The van der Waals surface area contributed by atoms with Crippen molar-refractivity contribution < 1.29 is 9.53 Å². The number of hydrogen-bond acceptors (Lipinski definition) is 3. The zero-order chi connectivity index (χ0) is 12.8. The minimum absolute atomic E-state index is 0.147. The molecule has 0 bridgehead atoms.